The van der Waals surface area contributed by atoms with Crippen molar-refractivity contribution in [2.24, 2.45) is 5.92 Å². The van der Waals surface area contributed by atoms with Crippen LogP contribution in [0.2, 0.25) is 0 Å². The summed E-state index contributed by atoms with van der Waals surface area (Å²) in [6.07, 6.45) is 8.80. The minimum Gasteiger partial charge on any atom is -0.298 e. The zero-order valence-electron chi connectivity index (χ0n) is 16.3. The largest absolute Gasteiger partial charge is 0.298 e. The number of benzene rings is 1. The molecular formula is C22H37NO. The number of likely N-dealkylation sites (tertiary alicyclic amines) is 1. The SMILES string of the molecule is CCCC(CC)Cc1ccccc1.CCN1CCCCC1C(C)=O. The number of likely N-dealkylation sites (N-methyl/N-ethyl adjacent to an activating group) is 1. The Morgan fingerprint density at radius 3 is 2.38 bits per heavy atom. The molecule has 1 saturated heterocycles. The molecule has 2 heteroatoms. The van der Waals surface area contributed by atoms with Crippen LogP contribution >= 0.6 is 0 Å². The van der Waals surface area contributed by atoms with Gasteiger partial charge < -0.3 is 0 Å². The van der Waals surface area contributed by atoms with Crippen molar-refractivity contribution in [1.29, 1.82) is 0 Å². The fourth-order valence-electron chi connectivity index (χ4n) is 3.64. The molecule has 136 valence electrons. The summed E-state index contributed by atoms with van der Waals surface area (Å²) in [5.74, 6) is 1.22. The Hall–Kier alpha value is -1.15. The highest BCUT2D eigenvalue weighted by atomic mass is 16.1. The van der Waals surface area contributed by atoms with E-state index < -0.39 is 0 Å². The van der Waals surface area contributed by atoms with E-state index in [1.807, 2.05) is 0 Å². The van der Waals surface area contributed by atoms with Crippen molar-refractivity contribution >= 4 is 5.78 Å². The van der Waals surface area contributed by atoms with Gasteiger partial charge in [-0.3, -0.25) is 9.69 Å². The Bertz CT molecular complexity index is 443. The summed E-state index contributed by atoms with van der Waals surface area (Å²) in [7, 11) is 0. The van der Waals surface area contributed by atoms with Gasteiger partial charge in [0.2, 0.25) is 0 Å². The molecule has 0 amide bonds. The van der Waals surface area contributed by atoms with Gasteiger partial charge in [0.05, 0.1) is 6.04 Å². The van der Waals surface area contributed by atoms with Crippen molar-refractivity contribution in [3.8, 4) is 0 Å². The second-order valence-electron chi connectivity index (χ2n) is 7.00. The van der Waals surface area contributed by atoms with E-state index in [2.05, 4.69) is 56.0 Å². The van der Waals surface area contributed by atoms with Crippen LogP contribution in [0.25, 0.3) is 0 Å². The normalized spacial score (nSPS) is 19.2. The maximum absolute atomic E-state index is 11.1. The van der Waals surface area contributed by atoms with Crippen LogP contribution in [0, 0.1) is 5.92 Å². The lowest BCUT2D eigenvalue weighted by Gasteiger charge is -2.32. The lowest BCUT2D eigenvalue weighted by atomic mass is 9.93. The van der Waals surface area contributed by atoms with Gasteiger partial charge in [-0.15, -0.1) is 0 Å². The molecule has 0 aromatic heterocycles. The van der Waals surface area contributed by atoms with Gasteiger partial charge in [0.25, 0.3) is 0 Å². The number of carbonyl (C=O) groups is 1. The van der Waals surface area contributed by atoms with Crippen molar-refractivity contribution in [2.45, 2.75) is 78.7 Å². The van der Waals surface area contributed by atoms with Gasteiger partial charge in [-0.2, -0.15) is 0 Å². The number of carbonyl (C=O) groups excluding carboxylic acids is 1. The van der Waals surface area contributed by atoms with Gasteiger partial charge in [0, 0.05) is 0 Å². The van der Waals surface area contributed by atoms with Crippen molar-refractivity contribution in [3.05, 3.63) is 35.9 Å². The second-order valence-corrected chi connectivity index (χ2v) is 7.00. The number of rotatable bonds is 7. The molecule has 1 aromatic rings. The molecule has 0 bridgehead atoms. The van der Waals surface area contributed by atoms with Gasteiger partial charge in [-0.05, 0) is 50.8 Å². The van der Waals surface area contributed by atoms with E-state index in [1.54, 1.807) is 6.92 Å². The van der Waals surface area contributed by atoms with Crippen LogP contribution in [0.3, 0.4) is 0 Å². The molecule has 1 heterocycles. The van der Waals surface area contributed by atoms with E-state index in [0.29, 0.717) is 5.78 Å². The van der Waals surface area contributed by atoms with Crippen molar-refractivity contribution in [1.82, 2.24) is 4.90 Å². The minimum absolute atomic E-state index is 0.230. The Morgan fingerprint density at radius 2 is 1.88 bits per heavy atom. The van der Waals surface area contributed by atoms with Crippen molar-refractivity contribution < 1.29 is 4.79 Å². The summed E-state index contributed by atoms with van der Waals surface area (Å²) in [6.45, 7) is 10.5. The number of ketones is 1. The number of Topliss-reactive ketones (excluding diaryl/α,β-unsaturated/α-hetero) is 1. The Morgan fingerprint density at radius 1 is 1.17 bits per heavy atom. The minimum atomic E-state index is 0.230. The summed E-state index contributed by atoms with van der Waals surface area (Å²) >= 11 is 0. The average molecular weight is 332 g/mol. The quantitative estimate of drug-likeness (QED) is 0.657. The molecule has 2 rings (SSSR count). The molecule has 1 aliphatic rings. The summed E-state index contributed by atoms with van der Waals surface area (Å²) in [4.78, 5) is 13.4. The van der Waals surface area contributed by atoms with Crippen molar-refractivity contribution in [3.63, 3.8) is 0 Å². The first-order valence-electron chi connectivity index (χ1n) is 9.90. The third kappa shape index (κ3) is 7.61. The lowest BCUT2D eigenvalue weighted by Crippen LogP contribution is -2.43. The van der Waals surface area contributed by atoms with Crippen LogP contribution in [0.4, 0.5) is 0 Å². The number of hydrogen-bond acceptors (Lipinski definition) is 2. The van der Waals surface area contributed by atoms with Gasteiger partial charge in [0.1, 0.15) is 5.78 Å². The smallest absolute Gasteiger partial charge is 0.146 e. The Balaban J connectivity index is 0.000000243. The highest BCUT2D eigenvalue weighted by Crippen LogP contribution is 2.17. The lowest BCUT2D eigenvalue weighted by molar-refractivity contribution is -0.123. The van der Waals surface area contributed by atoms with Crippen LogP contribution in [0.15, 0.2) is 30.3 Å². The summed E-state index contributed by atoms with van der Waals surface area (Å²) in [6, 6.07) is 11.1. The predicted octanol–water partition coefficient (Wildman–Crippen LogP) is 5.51. The zero-order valence-corrected chi connectivity index (χ0v) is 16.3. The second kappa shape index (κ2) is 12.2. The molecule has 0 spiro atoms. The highest BCUT2D eigenvalue weighted by molar-refractivity contribution is 5.81. The monoisotopic (exact) mass is 331 g/mol. The molecule has 0 N–H and O–H groups in total. The number of piperidine rings is 1. The molecule has 2 nitrogen and oxygen atoms in total. The van der Waals surface area contributed by atoms with Gasteiger partial charge in [0.15, 0.2) is 0 Å². The molecule has 1 aromatic carbocycles. The third-order valence-corrected chi connectivity index (χ3v) is 5.13. The molecule has 0 radical (unpaired) electrons. The first-order chi connectivity index (χ1) is 11.6. The van der Waals surface area contributed by atoms with Crippen LogP contribution in [0.5, 0.6) is 0 Å². The zero-order chi connectivity index (χ0) is 17.8. The maximum Gasteiger partial charge on any atom is 0.146 e. The standard InChI is InChI=1S/C13H20.C9H17NO/c1-3-8-12(4-2)11-13-9-6-5-7-10-13;1-3-10-7-5-4-6-9(10)8(2)11/h5-7,9-10,12H,3-4,8,11H2,1-2H3;9H,3-7H2,1-2H3. The van der Waals surface area contributed by atoms with E-state index in [0.717, 1.165) is 25.4 Å². The molecular weight excluding hydrogens is 294 g/mol. The fourth-order valence-corrected chi connectivity index (χ4v) is 3.64. The summed E-state index contributed by atoms with van der Waals surface area (Å²) in [5.41, 5.74) is 1.49. The average Bonchev–Trinajstić information content (AvgIpc) is 2.62. The van der Waals surface area contributed by atoms with Crippen LogP contribution < -0.4 is 0 Å². The first kappa shape index (κ1) is 20.9. The third-order valence-electron chi connectivity index (χ3n) is 5.13. The molecule has 24 heavy (non-hydrogen) atoms. The molecule has 0 saturated carbocycles. The van der Waals surface area contributed by atoms with Crippen LogP contribution in [-0.4, -0.2) is 29.8 Å². The maximum atomic E-state index is 11.1. The van der Waals surface area contributed by atoms with E-state index in [1.165, 1.54) is 44.1 Å². The molecule has 0 aliphatic carbocycles. The number of hydrogen-bond donors (Lipinski definition) is 0. The van der Waals surface area contributed by atoms with Crippen LogP contribution in [0.1, 0.15) is 71.8 Å². The predicted molar refractivity (Wildman–Crippen MR) is 104 cm³/mol. The molecule has 2 atom stereocenters. The first-order valence-corrected chi connectivity index (χ1v) is 9.90. The molecule has 1 fully saturated rings. The van der Waals surface area contributed by atoms with Gasteiger partial charge in [-0.25, -0.2) is 0 Å². The van der Waals surface area contributed by atoms with Gasteiger partial charge >= 0.3 is 0 Å². The Labute approximate surface area is 149 Å². The molecule has 2 unspecified atom stereocenters. The topological polar surface area (TPSA) is 20.3 Å². The van der Waals surface area contributed by atoms with Crippen molar-refractivity contribution in [2.75, 3.05) is 13.1 Å². The van der Waals surface area contributed by atoms with E-state index in [9.17, 15) is 4.79 Å². The number of nitrogens with zero attached hydrogens (tertiary/aromatic N) is 1. The summed E-state index contributed by atoms with van der Waals surface area (Å²) < 4.78 is 0. The molecule has 1 aliphatic heterocycles. The highest BCUT2D eigenvalue weighted by Gasteiger charge is 2.23. The fraction of sp³-hybridized carbons (Fsp3) is 0.682. The van der Waals surface area contributed by atoms with E-state index in [-0.39, 0.29) is 6.04 Å². The Kier molecular flexibility index (Phi) is 10.7. The van der Waals surface area contributed by atoms with E-state index in [4.69, 9.17) is 0 Å². The van der Waals surface area contributed by atoms with Gasteiger partial charge in [-0.1, -0.05) is 76.8 Å². The summed E-state index contributed by atoms with van der Waals surface area (Å²) in [5, 5.41) is 0. The van der Waals surface area contributed by atoms with Crippen LogP contribution in [-0.2, 0) is 11.2 Å². The van der Waals surface area contributed by atoms with E-state index >= 15 is 0 Å².